The smallest absolute Gasteiger partial charge is 0.166 e. The molecule has 6 heteroatoms. The molecule has 1 aliphatic rings. The van der Waals surface area contributed by atoms with E-state index in [0.29, 0.717) is 18.3 Å². The van der Waals surface area contributed by atoms with Crippen LogP contribution in [0.4, 0.5) is 0 Å². The summed E-state index contributed by atoms with van der Waals surface area (Å²) in [5.41, 5.74) is 0. The van der Waals surface area contributed by atoms with Crippen molar-refractivity contribution >= 4 is 11.6 Å². The first-order chi connectivity index (χ1) is 5.92. The Hall–Kier alpha value is -0.680. The van der Waals surface area contributed by atoms with E-state index in [1.54, 1.807) is 4.68 Å². The maximum atomic E-state index is 5.65. The van der Waals surface area contributed by atoms with Gasteiger partial charge in [-0.1, -0.05) is 0 Å². The molecule has 0 radical (unpaired) electrons. The minimum Gasteiger partial charge on any atom is -0.379 e. The third-order valence-electron chi connectivity index (χ3n) is 1.93. The van der Waals surface area contributed by atoms with Crippen LogP contribution < -0.4 is 0 Å². The second kappa shape index (κ2) is 3.37. The third-order valence-corrected chi connectivity index (χ3v) is 2.17. The van der Waals surface area contributed by atoms with Gasteiger partial charge in [0, 0.05) is 6.61 Å². The van der Waals surface area contributed by atoms with Gasteiger partial charge in [0.05, 0.1) is 18.5 Å². The maximum Gasteiger partial charge on any atom is 0.166 e. The van der Waals surface area contributed by atoms with Crippen LogP contribution in [-0.2, 0) is 10.6 Å². The zero-order valence-electron chi connectivity index (χ0n) is 6.48. The van der Waals surface area contributed by atoms with Crippen LogP contribution in [0.3, 0.4) is 0 Å². The van der Waals surface area contributed by atoms with Crippen molar-refractivity contribution in [1.29, 1.82) is 0 Å². The van der Waals surface area contributed by atoms with E-state index in [4.69, 9.17) is 16.3 Å². The molecule has 0 amide bonds. The van der Waals surface area contributed by atoms with Gasteiger partial charge in [-0.05, 0) is 16.8 Å². The lowest BCUT2D eigenvalue weighted by Crippen LogP contribution is -2.13. The van der Waals surface area contributed by atoms with Crippen LogP contribution in [0.1, 0.15) is 18.3 Å². The highest BCUT2D eigenvalue weighted by Crippen LogP contribution is 2.18. The Balaban J connectivity index is 2.19. The standard InChI is InChI=1S/C6H9ClN4O/c7-3-6-8-9-10-11(6)5-1-2-12-4-5/h5H,1-4H2. The summed E-state index contributed by atoms with van der Waals surface area (Å²) < 4.78 is 6.97. The molecule has 1 aromatic heterocycles. The number of ether oxygens (including phenoxy) is 1. The average Bonchev–Trinajstić information content (AvgIpc) is 2.74. The molecule has 2 rings (SSSR count). The van der Waals surface area contributed by atoms with E-state index in [1.807, 2.05) is 0 Å². The van der Waals surface area contributed by atoms with Crippen molar-refractivity contribution < 1.29 is 4.74 Å². The van der Waals surface area contributed by atoms with Crippen LogP contribution in [0.25, 0.3) is 0 Å². The van der Waals surface area contributed by atoms with Gasteiger partial charge in [0.2, 0.25) is 0 Å². The van der Waals surface area contributed by atoms with Crippen molar-refractivity contribution in [2.24, 2.45) is 0 Å². The Labute approximate surface area is 74.7 Å². The van der Waals surface area contributed by atoms with E-state index in [0.717, 1.165) is 13.0 Å². The highest BCUT2D eigenvalue weighted by molar-refractivity contribution is 6.16. The molecular weight excluding hydrogens is 180 g/mol. The highest BCUT2D eigenvalue weighted by Gasteiger charge is 2.21. The summed E-state index contributed by atoms with van der Waals surface area (Å²) in [5, 5.41) is 11.2. The monoisotopic (exact) mass is 188 g/mol. The SMILES string of the molecule is ClCc1nnnn1C1CCOC1. The molecule has 1 atom stereocenters. The van der Waals surface area contributed by atoms with Crippen molar-refractivity contribution in [3.8, 4) is 0 Å². The molecule has 1 saturated heterocycles. The van der Waals surface area contributed by atoms with E-state index in [2.05, 4.69) is 15.5 Å². The summed E-state index contributed by atoms with van der Waals surface area (Å²) >= 11 is 5.65. The summed E-state index contributed by atoms with van der Waals surface area (Å²) in [7, 11) is 0. The van der Waals surface area contributed by atoms with Crippen molar-refractivity contribution in [3.05, 3.63) is 5.82 Å². The number of alkyl halides is 1. The normalized spacial score (nSPS) is 23.2. The molecule has 66 valence electrons. The Morgan fingerprint density at radius 3 is 3.25 bits per heavy atom. The molecule has 0 aliphatic carbocycles. The van der Waals surface area contributed by atoms with Crippen LogP contribution in [0.15, 0.2) is 0 Å². The van der Waals surface area contributed by atoms with Crippen LogP contribution in [0.5, 0.6) is 0 Å². The molecule has 0 N–H and O–H groups in total. The van der Waals surface area contributed by atoms with Crippen molar-refractivity contribution in [1.82, 2.24) is 20.2 Å². The average molecular weight is 189 g/mol. The Morgan fingerprint density at radius 1 is 1.67 bits per heavy atom. The molecular formula is C6H9ClN4O. The highest BCUT2D eigenvalue weighted by atomic mass is 35.5. The molecule has 0 saturated carbocycles. The number of halogens is 1. The number of nitrogens with zero attached hydrogens (tertiary/aromatic N) is 4. The van der Waals surface area contributed by atoms with E-state index < -0.39 is 0 Å². The van der Waals surface area contributed by atoms with Gasteiger partial charge in [-0.2, -0.15) is 0 Å². The first kappa shape index (κ1) is 7.94. The van der Waals surface area contributed by atoms with E-state index in [9.17, 15) is 0 Å². The van der Waals surface area contributed by atoms with Gasteiger partial charge in [0.15, 0.2) is 5.82 Å². The van der Waals surface area contributed by atoms with Gasteiger partial charge in [-0.3, -0.25) is 0 Å². The second-order valence-corrected chi connectivity index (χ2v) is 2.96. The molecule has 1 aliphatic heterocycles. The van der Waals surface area contributed by atoms with Crippen LogP contribution >= 0.6 is 11.6 Å². The predicted molar refractivity (Wildman–Crippen MR) is 41.8 cm³/mol. The molecule has 0 aromatic carbocycles. The lowest BCUT2D eigenvalue weighted by Gasteiger charge is -2.07. The number of rotatable bonds is 2. The molecule has 5 nitrogen and oxygen atoms in total. The minimum absolute atomic E-state index is 0.272. The molecule has 12 heavy (non-hydrogen) atoms. The number of hydrogen-bond acceptors (Lipinski definition) is 4. The van der Waals surface area contributed by atoms with Gasteiger partial charge in [0.25, 0.3) is 0 Å². The minimum atomic E-state index is 0.272. The first-order valence-corrected chi connectivity index (χ1v) is 4.35. The van der Waals surface area contributed by atoms with Crippen LogP contribution in [0.2, 0.25) is 0 Å². The number of tetrazole rings is 1. The second-order valence-electron chi connectivity index (χ2n) is 2.69. The molecule has 2 heterocycles. The van der Waals surface area contributed by atoms with Gasteiger partial charge < -0.3 is 4.74 Å². The van der Waals surface area contributed by atoms with Gasteiger partial charge in [-0.15, -0.1) is 16.7 Å². The molecule has 0 spiro atoms. The van der Waals surface area contributed by atoms with Crippen LogP contribution in [0, 0.1) is 0 Å². The van der Waals surface area contributed by atoms with Crippen molar-refractivity contribution in [3.63, 3.8) is 0 Å². The van der Waals surface area contributed by atoms with Crippen molar-refractivity contribution in [2.75, 3.05) is 13.2 Å². The fourth-order valence-corrected chi connectivity index (χ4v) is 1.47. The van der Waals surface area contributed by atoms with E-state index in [-0.39, 0.29) is 6.04 Å². The summed E-state index contributed by atoms with van der Waals surface area (Å²) in [5.74, 6) is 1.07. The number of hydrogen-bond donors (Lipinski definition) is 0. The third kappa shape index (κ3) is 1.30. The van der Waals surface area contributed by atoms with Crippen LogP contribution in [-0.4, -0.2) is 33.4 Å². The maximum absolute atomic E-state index is 5.65. The Morgan fingerprint density at radius 2 is 2.58 bits per heavy atom. The summed E-state index contributed by atoms with van der Waals surface area (Å²) in [6, 6.07) is 0.272. The molecule has 0 bridgehead atoms. The Kier molecular flexibility index (Phi) is 2.23. The van der Waals surface area contributed by atoms with Gasteiger partial charge >= 0.3 is 0 Å². The fourth-order valence-electron chi connectivity index (χ4n) is 1.30. The van der Waals surface area contributed by atoms with Crippen molar-refractivity contribution in [2.45, 2.75) is 18.3 Å². The van der Waals surface area contributed by atoms with E-state index >= 15 is 0 Å². The zero-order valence-corrected chi connectivity index (χ0v) is 7.24. The number of aromatic nitrogens is 4. The topological polar surface area (TPSA) is 52.8 Å². The molecule has 1 fully saturated rings. The molecule has 1 unspecified atom stereocenters. The summed E-state index contributed by atoms with van der Waals surface area (Å²) in [6.07, 6.45) is 0.967. The van der Waals surface area contributed by atoms with Gasteiger partial charge in [0.1, 0.15) is 0 Å². The lowest BCUT2D eigenvalue weighted by atomic mass is 10.3. The molecule has 1 aromatic rings. The summed E-state index contributed by atoms with van der Waals surface area (Å²) in [4.78, 5) is 0. The summed E-state index contributed by atoms with van der Waals surface area (Å²) in [6.45, 7) is 1.47. The Bertz CT molecular complexity index is 258. The predicted octanol–water partition coefficient (Wildman–Crippen LogP) is 0.373. The van der Waals surface area contributed by atoms with Gasteiger partial charge in [-0.25, -0.2) is 4.68 Å². The lowest BCUT2D eigenvalue weighted by molar-refractivity contribution is 0.183. The fraction of sp³-hybridized carbons (Fsp3) is 0.833. The first-order valence-electron chi connectivity index (χ1n) is 3.82. The zero-order chi connectivity index (χ0) is 8.39. The quantitative estimate of drug-likeness (QED) is 0.630. The largest absolute Gasteiger partial charge is 0.379 e. The van der Waals surface area contributed by atoms with E-state index in [1.165, 1.54) is 0 Å².